The first kappa shape index (κ1) is 20.5. The summed E-state index contributed by atoms with van der Waals surface area (Å²) in [6.07, 6.45) is -4.72. The van der Waals surface area contributed by atoms with Gasteiger partial charge in [0.15, 0.2) is 11.3 Å². The highest BCUT2D eigenvalue weighted by Crippen LogP contribution is 2.32. The summed E-state index contributed by atoms with van der Waals surface area (Å²) in [4.78, 5) is 26.4. The number of halogens is 4. The number of carbonyl (C=O) groups excluding carboxylic acids is 1. The molecule has 0 saturated carbocycles. The fourth-order valence-corrected chi connectivity index (χ4v) is 2.87. The van der Waals surface area contributed by atoms with Gasteiger partial charge in [0.1, 0.15) is 10.7 Å². The molecule has 10 nitrogen and oxygen atoms in total. The summed E-state index contributed by atoms with van der Waals surface area (Å²) in [7, 11) is 0. The topological polar surface area (TPSA) is 120 Å². The van der Waals surface area contributed by atoms with E-state index in [1.54, 1.807) is 6.92 Å². The molecule has 1 N–H and O–H groups in total. The maximum absolute atomic E-state index is 13.2. The Bertz CT molecular complexity index is 1120. The van der Waals surface area contributed by atoms with Crippen LogP contribution in [-0.2, 0) is 12.7 Å². The third kappa shape index (κ3) is 3.99. The van der Waals surface area contributed by atoms with Crippen molar-refractivity contribution in [2.24, 2.45) is 0 Å². The van der Waals surface area contributed by atoms with Gasteiger partial charge in [-0.2, -0.15) is 23.0 Å². The highest BCUT2D eigenvalue weighted by atomic mass is 35.5. The summed E-state index contributed by atoms with van der Waals surface area (Å²) in [5, 5.41) is 20.3. The fraction of sp³-hybridized carbons (Fsp3) is 0.333. The zero-order valence-electron chi connectivity index (χ0n) is 15.0. The van der Waals surface area contributed by atoms with Crippen molar-refractivity contribution in [3.05, 3.63) is 50.0 Å². The van der Waals surface area contributed by atoms with Crippen LogP contribution in [0.15, 0.2) is 12.1 Å². The van der Waals surface area contributed by atoms with E-state index in [-0.39, 0.29) is 35.3 Å². The van der Waals surface area contributed by atoms with Crippen LogP contribution in [0, 0.1) is 24.0 Å². The normalized spacial score (nSPS) is 11.8. The summed E-state index contributed by atoms with van der Waals surface area (Å²) >= 11 is 6.04. The Morgan fingerprint density at radius 3 is 2.59 bits per heavy atom. The standard InChI is InChI=1S/C15H13ClF3N7O3/c1-7-5-9(15(17,18)19)25-13(21-7)11(16)12(23-25)14(27)20-3-4-24-8(2)6-10(22-24)26(28)29/h5-6H,3-4H2,1-2H3,(H,20,27). The molecule has 0 bridgehead atoms. The van der Waals surface area contributed by atoms with Crippen molar-refractivity contribution >= 4 is 29.0 Å². The van der Waals surface area contributed by atoms with Gasteiger partial charge in [0, 0.05) is 12.2 Å². The van der Waals surface area contributed by atoms with Gasteiger partial charge < -0.3 is 15.4 Å². The number of alkyl halides is 3. The second-order valence-electron chi connectivity index (χ2n) is 6.06. The molecular formula is C15H13ClF3N7O3. The number of hydrogen-bond donors (Lipinski definition) is 1. The number of nitrogens with zero attached hydrogens (tertiary/aromatic N) is 6. The number of rotatable bonds is 5. The van der Waals surface area contributed by atoms with Crippen LogP contribution in [0.4, 0.5) is 19.0 Å². The van der Waals surface area contributed by atoms with Crippen molar-refractivity contribution < 1.29 is 22.9 Å². The van der Waals surface area contributed by atoms with E-state index in [0.29, 0.717) is 10.2 Å². The van der Waals surface area contributed by atoms with Gasteiger partial charge in [-0.3, -0.25) is 4.79 Å². The van der Waals surface area contributed by atoms with Crippen molar-refractivity contribution in [2.45, 2.75) is 26.6 Å². The third-order valence-corrected chi connectivity index (χ3v) is 4.28. The van der Waals surface area contributed by atoms with E-state index in [2.05, 4.69) is 20.5 Å². The molecule has 14 heteroatoms. The van der Waals surface area contributed by atoms with Crippen LogP contribution in [0.25, 0.3) is 5.65 Å². The molecule has 0 aliphatic carbocycles. The number of carbonyl (C=O) groups is 1. The van der Waals surface area contributed by atoms with E-state index in [0.717, 1.165) is 6.07 Å². The zero-order chi connectivity index (χ0) is 21.5. The molecular weight excluding hydrogens is 419 g/mol. The predicted octanol–water partition coefficient (Wildman–Crippen LogP) is 2.55. The highest BCUT2D eigenvalue weighted by Gasteiger charge is 2.36. The van der Waals surface area contributed by atoms with E-state index in [4.69, 9.17) is 11.6 Å². The number of aryl methyl sites for hydroxylation is 2. The maximum Gasteiger partial charge on any atom is 0.433 e. The molecule has 29 heavy (non-hydrogen) atoms. The molecule has 0 aliphatic rings. The molecule has 3 aromatic heterocycles. The highest BCUT2D eigenvalue weighted by molar-refractivity contribution is 6.36. The number of fused-ring (bicyclic) bond motifs is 1. The minimum atomic E-state index is -4.72. The average Bonchev–Trinajstić information content (AvgIpc) is 3.14. The largest absolute Gasteiger partial charge is 0.433 e. The molecule has 1 amide bonds. The van der Waals surface area contributed by atoms with Crippen LogP contribution < -0.4 is 5.32 Å². The number of hydrogen-bond acceptors (Lipinski definition) is 6. The number of nitro groups is 1. The van der Waals surface area contributed by atoms with Gasteiger partial charge in [-0.25, -0.2) is 9.50 Å². The zero-order valence-corrected chi connectivity index (χ0v) is 15.7. The monoisotopic (exact) mass is 431 g/mol. The van der Waals surface area contributed by atoms with E-state index in [9.17, 15) is 28.1 Å². The SMILES string of the molecule is Cc1cc(C(F)(F)F)n2nc(C(=O)NCCn3nc([N+](=O)[O-])cc3C)c(Cl)c2n1. The van der Waals surface area contributed by atoms with E-state index in [1.165, 1.54) is 17.7 Å². The summed E-state index contributed by atoms with van der Waals surface area (Å²) in [5.74, 6) is -1.15. The molecule has 3 rings (SSSR count). The Hall–Kier alpha value is -3.22. The molecule has 0 spiro atoms. The Morgan fingerprint density at radius 1 is 1.31 bits per heavy atom. The Labute approximate surface area is 165 Å². The average molecular weight is 432 g/mol. The summed E-state index contributed by atoms with van der Waals surface area (Å²) in [6, 6.07) is 2.07. The number of amides is 1. The number of nitrogens with one attached hydrogen (secondary N) is 1. The van der Waals surface area contributed by atoms with Gasteiger partial charge in [-0.15, -0.1) is 0 Å². The molecule has 3 aromatic rings. The van der Waals surface area contributed by atoms with Crippen molar-refractivity contribution in [2.75, 3.05) is 6.54 Å². The van der Waals surface area contributed by atoms with Gasteiger partial charge in [-0.1, -0.05) is 11.6 Å². The van der Waals surface area contributed by atoms with E-state index < -0.39 is 28.4 Å². The van der Waals surface area contributed by atoms with Crippen LogP contribution in [0.2, 0.25) is 5.02 Å². The first-order chi connectivity index (χ1) is 13.5. The molecule has 3 heterocycles. The van der Waals surface area contributed by atoms with Gasteiger partial charge in [-0.05, 0) is 24.8 Å². The Balaban J connectivity index is 1.81. The Morgan fingerprint density at radius 2 is 2.00 bits per heavy atom. The summed E-state index contributed by atoms with van der Waals surface area (Å²) in [5.41, 5.74) is -1.25. The second kappa shape index (κ2) is 7.31. The van der Waals surface area contributed by atoms with E-state index >= 15 is 0 Å². The van der Waals surface area contributed by atoms with Crippen LogP contribution in [0.3, 0.4) is 0 Å². The van der Waals surface area contributed by atoms with E-state index in [1.807, 2.05) is 0 Å². The van der Waals surface area contributed by atoms with Gasteiger partial charge in [0.2, 0.25) is 0 Å². The molecule has 154 valence electrons. The first-order valence-electron chi connectivity index (χ1n) is 8.09. The fourth-order valence-electron chi connectivity index (χ4n) is 2.63. The number of aromatic nitrogens is 5. The van der Waals surface area contributed by atoms with Crippen molar-refractivity contribution in [3.8, 4) is 0 Å². The van der Waals surface area contributed by atoms with Crippen LogP contribution in [-0.4, -0.2) is 41.8 Å². The molecule has 0 radical (unpaired) electrons. The van der Waals surface area contributed by atoms with Gasteiger partial charge in [0.05, 0.1) is 23.4 Å². The third-order valence-electron chi connectivity index (χ3n) is 3.93. The van der Waals surface area contributed by atoms with Crippen LogP contribution in [0.1, 0.15) is 27.6 Å². The van der Waals surface area contributed by atoms with Crippen molar-refractivity contribution in [3.63, 3.8) is 0 Å². The molecule has 0 saturated heterocycles. The predicted molar refractivity (Wildman–Crippen MR) is 93.7 cm³/mol. The van der Waals surface area contributed by atoms with Gasteiger partial charge >= 0.3 is 12.0 Å². The first-order valence-corrected chi connectivity index (χ1v) is 8.47. The quantitative estimate of drug-likeness (QED) is 0.489. The molecule has 0 atom stereocenters. The summed E-state index contributed by atoms with van der Waals surface area (Å²) < 4.78 is 41.5. The lowest BCUT2D eigenvalue weighted by atomic mass is 10.3. The lowest BCUT2D eigenvalue weighted by molar-refractivity contribution is -0.389. The Kier molecular flexibility index (Phi) is 5.17. The minimum Gasteiger partial charge on any atom is -0.358 e. The van der Waals surface area contributed by atoms with Crippen molar-refractivity contribution in [1.82, 2.24) is 29.7 Å². The van der Waals surface area contributed by atoms with Crippen LogP contribution in [0.5, 0.6) is 0 Å². The van der Waals surface area contributed by atoms with Crippen LogP contribution >= 0.6 is 11.6 Å². The molecule has 0 unspecified atom stereocenters. The maximum atomic E-state index is 13.2. The lowest BCUT2D eigenvalue weighted by Crippen LogP contribution is -2.28. The lowest BCUT2D eigenvalue weighted by Gasteiger charge is -2.09. The minimum absolute atomic E-state index is 0.0126. The summed E-state index contributed by atoms with van der Waals surface area (Å²) in [6.45, 7) is 3.06. The molecule has 0 aromatic carbocycles. The van der Waals surface area contributed by atoms with Crippen molar-refractivity contribution in [1.29, 1.82) is 0 Å². The smallest absolute Gasteiger partial charge is 0.358 e. The molecule has 0 aliphatic heterocycles. The van der Waals surface area contributed by atoms with Gasteiger partial charge in [0.25, 0.3) is 5.91 Å². The second-order valence-corrected chi connectivity index (χ2v) is 6.44. The molecule has 0 fully saturated rings.